The number of aromatic nitrogens is 4. The molecule has 0 fully saturated rings. The zero-order chi connectivity index (χ0) is 19.4. The Kier molecular flexibility index (Phi) is 5.07. The van der Waals surface area contributed by atoms with Crippen LogP contribution in [-0.4, -0.2) is 34.1 Å². The van der Waals surface area contributed by atoms with Gasteiger partial charge in [-0.3, -0.25) is 4.79 Å². The molecule has 140 valence electrons. The third-order valence-electron chi connectivity index (χ3n) is 3.30. The number of amides is 1. The number of carbonyl (C=O) groups excluding carboxylic acids is 1. The number of nitrogens with one attached hydrogen (secondary N) is 2. The summed E-state index contributed by atoms with van der Waals surface area (Å²) in [5.74, 6) is -0.894. The van der Waals surface area contributed by atoms with Crippen LogP contribution in [0.2, 0.25) is 0 Å². The van der Waals surface area contributed by atoms with Crippen LogP contribution in [-0.2, 0) is 10.0 Å². The van der Waals surface area contributed by atoms with Crippen LogP contribution in [0.1, 0.15) is 17.0 Å². The molecule has 12 heteroatoms. The normalized spacial score (nSPS) is 11.4. The van der Waals surface area contributed by atoms with Gasteiger partial charge in [0.25, 0.3) is 15.9 Å². The van der Waals surface area contributed by atoms with Crippen molar-refractivity contribution in [3.8, 4) is 0 Å². The number of alkyl halides is 2. The largest absolute Gasteiger partial charge is 0.333 e. The Morgan fingerprint density at radius 1 is 1.04 bits per heavy atom. The third-order valence-corrected chi connectivity index (χ3v) is 4.65. The summed E-state index contributed by atoms with van der Waals surface area (Å²) in [4.78, 5) is 19.5. The van der Waals surface area contributed by atoms with Crippen molar-refractivity contribution in [1.29, 1.82) is 0 Å². The Hall–Kier alpha value is -3.41. The van der Waals surface area contributed by atoms with Crippen LogP contribution < -0.4 is 10.0 Å². The van der Waals surface area contributed by atoms with Gasteiger partial charge in [-0.1, -0.05) is 0 Å². The average molecular weight is 394 g/mol. The van der Waals surface area contributed by atoms with Crippen molar-refractivity contribution < 1.29 is 22.0 Å². The van der Waals surface area contributed by atoms with Crippen molar-refractivity contribution in [3.63, 3.8) is 0 Å². The van der Waals surface area contributed by atoms with E-state index >= 15 is 0 Å². The summed E-state index contributed by atoms with van der Waals surface area (Å²) in [5, 5.41) is 5.77. The molecule has 0 radical (unpaired) electrons. The zero-order valence-corrected chi connectivity index (χ0v) is 14.3. The van der Waals surface area contributed by atoms with Crippen LogP contribution in [0, 0.1) is 0 Å². The van der Waals surface area contributed by atoms with Gasteiger partial charge in [0.1, 0.15) is 5.69 Å². The Bertz CT molecular complexity index is 1040. The van der Waals surface area contributed by atoms with Gasteiger partial charge in [-0.25, -0.2) is 23.1 Å². The number of hydrogen-bond donors (Lipinski definition) is 2. The summed E-state index contributed by atoms with van der Waals surface area (Å²) in [6.45, 7) is -2.96. The molecule has 2 heterocycles. The van der Waals surface area contributed by atoms with E-state index in [0.717, 1.165) is 12.3 Å². The monoisotopic (exact) mass is 394 g/mol. The summed E-state index contributed by atoms with van der Waals surface area (Å²) in [6.07, 6.45) is 3.84. The van der Waals surface area contributed by atoms with Gasteiger partial charge in [0.2, 0.25) is 5.95 Å². The first-order valence-corrected chi connectivity index (χ1v) is 8.88. The van der Waals surface area contributed by atoms with Crippen molar-refractivity contribution in [2.24, 2.45) is 0 Å². The van der Waals surface area contributed by atoms with Gasteiger partial charge in [-0.05, 0) is 36.4 Å². The van der Waals surface area contributed by atoms with E-state index in [2.05, 4.69) is 25.1 Å². The smallest absolute Gasteiger partial charge is 0.321 e. The van der Waals surface area contributed by atoms with Crippen LogP contribution >= 0.6 is 0 Å². The Morgan fingerprint density at radius 3 is 2.33 bits per heavy atom. The maximum absolute atomic E-state index is 12.8. The van der Waals surface area contributed by atoms with Crippen LogP contribution in [0.5, 0.6) is 0 Å². The summed E-state index contributed by atoms with van der Waals surface area (Å²) in [5.41, 5.74) is -0.110. The van der Waals surface area contributed by atoms with Gasteiger partial charge in [0, 0.05) is 24.3 Å². The SMILES string of the molecule is O=C(Nc1ccc(S(=O)(=O)Nc2ncccn2)cc1)c1ccnn1C(F)F. The fourth-order valence-corrected chi connectivity index (χ4v) is 3.05. The zero-order valence-electron chi connectivity index (χ0n) is 13.5. The van der Waals surface area contributed by atoms with Gasteiger partial charge < -0.3 is 5.32 Å². The van der Waals surface area contributed by atoms with E-state index in [4.69, 9.17) is 0 Å². The molecule has 0 aliphatic carbocycles. The fourth-order valence-electron chi connectivity index (χ4n) is 2.09. The number of nitrogens with zero attached hydrogens (tertiary/aromatic N) is 4. The minimum atomic E-state index is -3.92. The van der Waals surface area contributed by atoms with E-state index in [-0.39, 0.29) is 26.9 Å². The van der Waals surface area contributed by atoms with E-state index in [9.17, 15) is 22.0 Å². The highest BCUT2D eigenvalue weighted by Gasteiger charge is 2.19. The number of benzene rings is 1. The number of carbonyl (C=O) groups is 1. The molecule has 0 spiro atoms. The van der Waals surface area contributed by atoms with Gasteiger partial charge >= 0.3 is 6.55 Å². The lowest BCUT2D eigenvalue weighted by molar-refractivity contribution is 0.0520. The van der Waals surface area contributed by atoms with Gasteiger partial charge in [-0.15, -0.1) is 0 Å². The first-order valence-electron chi connectivity index (χ1n) is 7.40. The molecule has 0 saturated carbocycles. The highest BCUT2D eigenvalue weighted by atomic mass is 32.2. The number of halogens is 2. The van der Waals surface area contributed by atoms with Crippen LogP contribution in [0.3, 0.4) is 0 Å². The average Bonchev–Trinajstić information content (AvgIpc) is 3.13. The highest BCUT2D eigenvalue weighted by molar-refractivity contribution is 7.92. The fraction of sp³-hybridized carbons (Fsp3) is 0.0667. The summed E-state index contributed by atoms with van der Waals surface area (Å²) < 4.78 is 52.5. The van der Waals surface area contributed by atoms with Crippen molar-refractivity contribution in [1.82, 2.24) is 19.7 Å². The number of hydrogen-bond acceptors (Lipinski definition) is 6. The molecular weight excluding hydrogens is 382 g/mol. The lowest BCUT2D eigenvalue weighted by Gasteiger charge is -2.09. The second-order valence-corrected chi connectivity index (χ2v) is 6.78. The first-order chi connectivity index (χ1) is 12.9. The lowest BCUT2D eigenvalue weighted by atomic mass is 10.3. The van der Waals surface area contributed by atoms with Crippen LogP contribution in [0.15, 0.2) is 59.9 Å². The molecule has 3 aromatic rings. The van der Waals surface area contributed by atoms with E-state index in [1.165, 1.54) is 42.7 Å². The standard InChI is InChI=1S/C15H12F2N6O3S/c16-14(17)23-12(6-9-20-23)13(24)21-10-2-4-11(5-3-10)27(25,26)22-15-18-7-1-8-19-15/h1-9,14H,(H,21,24)(H,18,19,22). The summed E-state index contributed by atoms with van der Waals surface area (Å²) in [6, 6.07) is 7.80. The molecule has 3 rings (SSSR count). The Balaban J connectivity index is 1.73. The maximum atomic E-state index is 12.8. The Labute approximate surface area is 152 Å². The molecular formula is C15H12F2N6O3S. The summed E-state index contributed by atoms with van der Waals surface area (Å²) >= 11 is 0. The molecule has 2 N–H and O–H groups in total. The molecule has 9 nitrogen and oxygen atoms in total. The van der Waals surface area contributed by atoms with Gasteiger partial charge in [0.15, 0.2) is 0 Å². The molecule has 2 aromatic heterocycles. The van der Waals surface area contributed by atoms with Crippen molar-refractivity contribution in [2.45, 2.75) is 11.4 Å². The molecule has 0 atom stereocenters. The summed E-state index contributed by atoms with van der Waals surface area (Å²) in [7, 11) is -3.92. The van der Waals surface area contributed by atoms with Crippen molar-refractivity contribution in [3.05, 3.63) is 60.7 Å². The minimum absolute atomic E-state index is 0.0878. The number of rotatable bonds is 6. The molecule has 0 unspecified atom stereocenters. The van der Waals surface area contributed by atoms with Gasteiger partial charge in [0.05, 0.1) is 4.90 Å². The second kappa shape index (κ2) is 7.45. The maximum Gasteiger partial charge on any atom is 0.333 e. The number of sulfonamides is 1. The molecule has 27 heavy (non-hydrogen) atoms. The second-order valence-electron chi connectivity index (χ2n) is 5.10. The van der Waals surface area contributed by atoms with Crippen LogP contribution in [0.4, 0.5) is 20.4 Å². The quantitative estimate of drug-likeness (QED) is 0.661. The van der Waals surface area contributed by atoms with Crippen molar-refractivity contribution in [2.75, 3.05) is 10.0 Å². The molecule has 1 aromatic carbocycles. The van der Waals surface area contributed by atoms with Crippen LogP contribution in [0.25, 0.3) is 0 Å². The third kappa shape index (κ3) is 4.23. The predicted octanol–water partition coefficient (Wildman–Crippen LogP) is 2.12. The molecule has 0 aliphatic heterocycles. The first kappa shape index (κ1) is 18.4. The van der Waals surface area contributed by atoms with E-state index < -0.39 is 22.5 Å². The molecule has 0 aliphatic rings. The lowest BCUT2D eigenvalue weighted by Crippen LogP contribution is -2.18. The molecule has 0 saturated heterocycles. The predicted molar refractivity (Wildman–Crippen MR) is 90.7 cm³/mol. The molecule has 1 amide bonds. The Morgan fingerprint density at radius 2 is 1.70 bits per heavy atom. The topological polar surface area (TPSA) is 119 Å². The van der Waals surface area contributed by atoms with E-state index in [0.29, 0.717) is 0 Å². The minimum Gasteiger partial charge on any atom is -0.321 e. The van der Waals surface area contributed by atoms with Gasteiger partial charge in [-0.2, -0.15) is 18.6 Å². The molecule has 0 bridgehead atoms. The van der Waals surface area contributed by atoms with Crippen molar-refractivity contribution >= 4 is 27.6 Å². The number of anilines is 2. The van der Waals surface area contributed by atoms with E-state index in [1.807, 2.05) is 0 Å². The highest BCUT2D eigenvalue weighted by Crippen LogP contribution is 2.18. The van der Waals surface area contributed by atoms with E-state index in [1.54, 1.807) is 0 Å².